The maximum atomic E-state index is 6.01. The third-order valence-corrected chi connectivity index (χ3v) is 3.95. The zero-order valence-electron chi connectivity index (χ0n) is 9.48. The van der Waals surface area contributed by atoms with Crippen molar-refractivity contribution >= 4 is 36.0 Å². The molecule has 0 aliphatic carbocycles. The fourth-order valence-corrected chi connectivity index (χ4v) is 2.74. The smallest absolute Gasteiger partial charge is 0.0412 e. The van der Waals surface area contributed by atoms with Crippen molar-refractivity contribution in [2.75, 3.05) is 5.75 Å². The van der Waals surface area contributed by atoms with Gasteiger partial charge in [-0.1, -0.05) is 30.7 Å². The van der Waals surface area contributed by atoms with Crippen molar-refractivity contribution in [3.05, 3.63) is 47.5 Å². The lowest BCUT2D eigenvalue weighted by Crippen LogP contribution is -1.81. The van der Waals surface area contributed by atoms with Crippen molar-refractivity contribution in [3.63, 3.8) is 0 Å². The van der Waals surface area contributed by atoms with Gasteiger partial charge in [0.05, 0.1) is 0 Å². The van der Waals surface area contributed by atoms with Gasteiger partial charge in [0, 0.05) is 14.8 Å². The molecule has 0 nitrogen and oxygen atoms in total. The molecule has 0 heterocycles. The lowest BCUT2D eigenvalue weighted by Gasteiger charge is -2.07. The van der Waals surface area contributed by atoms with Crippen molar-refractivity contribution in [1.29, 1.82) is 0 Å². The van der Waals surface area contributed by atoms with Gasteiger partial charge in [-0.3, -0.25) is 0 Å². The van der Waals surface area contributed by atoms with Crippen LogP contribution >= 0.6 is 36.0 Å². The Kier molecular flexibility index (Phi) is 4.43. The zero-order chi connectivity index (χ0) is 12.3. The first-order chi connectivity index (χ1) is 8.20. The normalized spacial score (nSPS) is 10.5. The molecule has 2 aromatic carbocycles. The quantitative estimate of drug-likeness (QED) is 0.579. The summed E-state index contributed by atoms with van der Waals surface area (Å²) in [5.41, 5.74) is 2.23. The molecule has 0 atom stereocenters. The molecule has 0 saturated heterocycles. The van der Waals surface area contributed by atoms with Gasteiger partial charge >= 0.3 is 0 Å². The molecule has 2 rings (SSSR count). The minimum absolute atomic E-state index is 0.741. The molecular formula is C14H13ClS2. The molecule has 0 saturated carbocycles. The van der Waals surface area contributed by atoms with E-state index in [1.54, 1.807) is 0 Å². The van der Waals surface area contributed by atoms with Gasteiger partial charge in [0.1, 0.15) is 0 Å². The van der Waals surface area contributed by atoms with Gasteiger partial charge in [-0.15, -0.1) is 24.4 Å². The molecular weight excluding hydrogens is 268 g/mol. The molecule has 17 heavy (non-hydrogen) atoms. The Morgan fingerprint density at radius 1 is 1.12 bits per heavy atom. The molecule has 0 spiro atoms. The summed E-state index contributed by atoms with van der Waals surface area (Å²) in [7, 11) is 0. The minimum Gasteiger partial charge on any atom is -0.143 e. The molecule has 0 amide bonds. The number of benzene rings is 2. The predicted octanol–water partition coefficient (Wildman–Crippen LogP) is 5.41. The largest absolute Gasteiger partial charge is 0.143 e. The molecule has 0 aliphatic rings. The maximum absolute atomic E-state index is 6.01. The number of thiol groups is 1. The second-order valence-corrected chi connectivity index (χ2v) is 5.87. The number of hydrogen-bond donors (Lipinski definition) is 1. The van der Waals surface area contributed by atoms with Crippen molar-refractivity contribution < 1.29 is 0 Å². The van der Waals surface area contributed by atoms with Gasteiger partial charge in [0.25, 0.3) is 0 Å². The SMILES string of the molecule is CCSc1ccc(-c2cc(Cl)ccc2S)cc1. The molecule has 0 N–H and O–H groups in total. The standard InChI is InChI=1S/C14H13ClS2/c1-2-17-12-6-3-10(4-7-12)13-9-11(15)5-8-14(13)16/h3-9,16H,2H2,1H3. The first kappa shape index (κ1) is 12.9. The number of halogens is 1. The predicted molar refractivity (Wildman–Crippen MR) is 80.5 cm³/mol. The van der Waals surface area contributed by atoms with E-state index in [4.69, 9.17) is 11.6 Å². The molecule has 0 fully saturated rings. The first-order valence-electron chi connectivity index (χ1n) is 5.42. The van der Waals surface area contributed by atoms with Crippen LogP contribution < -0.4 is 0 Å². The number of thioether (sulfide) groups is 1. The Balaban J connectivity index is 2.36. The van der Waals surface area contributed by atoms with Crippen molar-refractivity contribution in [2.24, 2.45) is 0 Å². The lowest BCUT2D eigenvalue weighted by atomic mass is 10.1. The van der Waals surface area contributed by atoms with Crippen molar-refractivity contribution in [3.8, 4) is 11.1 Å². The van der Waals surface area contributed by atoms with Gasteiger partial charge in [-0.05, 0) is 47.2 Å². The van der Waals surface area contributed by atoms with Crippen LogP contribution in [0.15, 0.2) is 52.3 Å². The van der Waals surface area contributed by atoms with Crippen LogP contribution in [0.5, 0.6) is 0 Å². The van der Waals surface area contributed by atoms with Crippen LogP contribution in [0.1, 0.15) is 6.92 Å². The Morgan fingerprint density at radius 2 is 1.82 bits per heavy atom. The van der Waals surface area contributed by atoms with Gasteiger partial charge in [-0.2, -0.15) is 0 Å². The zero-order valence-corrected chi connectivity index (χ0v) is 11.9. The summed E-state index contributed by atoms with van der Waals surface area (Å²) >= 11 is 12.3. The third kappa shape index (κ3) is 3.21. The Hall–Kier alpha value is -0.570. The molecule has 0 aliphatic heterocycles. The summed E-state index contributed by atoms with van der Waals surface area (Å²) in [5, 5.41) is 0.741. The molecule has 0 unspecified atom stereocenters. The van der Waals surface area contributed by atoms with Gasteiger partial charge < -0.3 is 0 Å². The maximum Gasteiger partial charge on any atom is 0.0412 e. The first-order valence-corrected chi connectivity index (χ1v) is 7.23. The van der Waals surface area contributed by atoms with Gasteiger partial charge in [-0.25, -0.2) is 0 Å². The van der Waals surface area contributed by atoms with Crippen LogP contribution in [0.4, 0.5) is 0 Å². The summed E-state index contributed by atoms with van der Waals surface area (Å²) in [5.74, 6) is 1.09. The fraction of sp³-hybridized carbons (Fsp3) is 0.143. The Labute approximate surface area is 117 Å². The summed E-state index contributed by atoms with van der Waals surface area (Å²) in [6, 6.07) is 14.2. The van der Waals surface area contributed by atoms with Gasteiger partial charge in [0.2, 0.25) is 0 Å². The van der Waals surface area contributed by atoms with Crippen LogP contribution in [0, 0.1) is 0 Å². The van der Waals surface area contributed by atoms with E-state index >= 15 is 0 Å². The second-order valence-electron chi connectivity index (χ2n) is 3.62. The van der Waals surface area contributed by atoms with Crippen LogP contribution in [0.25, 0.3) is 11.1 Å². The average molecular weight is 281 g/mol. The summed E-state index contributed by atoms with van der Waals surface area (Å²) in [4.78, 5) is 2.24. The average Bonchev–Trinajstić information content (AvgIpc) is 2.34. The van der Waals surface area contributed by atoms with Gasteiger partial charge in [0.15, 0.2) is 0 Å². The highest BCUT2D eigenvalue weighted by Crippen LogP contribution is 2.30. The van der Waals surface area contributed by atoms with Crippen LogP contribution in [-0.4, -0.2) is 5.75 Å². The van der Waals surface area contributed by atoms with E-state index in [-0.39, 0.29) is 0 Å². The van der Waals surface area contributed by atoms with E-state index in [9.17, 15) is 0 Å². The van der Waals surface area contributed by atoms with E-state index < -0.39 is 0 Å². The molecule has 88 valence electrons. The summed E-state index contributed by atoms with van der Waals surface area (Å²) in [6.45, 7) is 2.15. The molecule has 0 aromatic heterocycles. The van der Waals surface area contributed by atoms with E-state index in [2.05, 4.69) is 43.8 Å². The molecule has 3 heteroatoms. The summed E-state index contributed by atoms with van der Waals surface area (Å²) in [6.07, 6.45) is 0. The molecule has 0 radical (unpaired) electrons. The van der Waals surface area contributed by atoms with Crippen LogP contribution in [0.2, 0.25) is 5.02 Å². The van der Waals surface area contributed by atoms with E-state index in [0.717, 1.165) is 26.8 Å². The monoisotopic (exact) mass is 280 g/mol. The lowest BCUT2D eigenvalue weighted by molar-refractivity contribution is 1.40. The second kappa shape index (κ2) is 5.85. The highest BCUT2D eigenvalue weighted by atomic mass is 35.5. The Morgan fingerprint density at radius 3 is 2.47 bits per heavy atom. The Bertz CT molecular complexity index is 506. The van der Waals surface area contributed by atoms with E-state index in [1.807, 2.05) is 30.0 Å². The topological polar surface area (TPSA) is 0 Å². The highest BCUT2D eigenvalue weighted by Gasteiger charge is 2.03. The third-order valence-electron chi connectivity index (χ3n) is 2.43. The van der Waals surface area contributed by atoms with Crippen molar-refractivity contribution in [1.82, 2.24) is 0 Å². The number of hydrogen-bond acceptors (Lipinski definition) is 2. The van der Waals surface area contributed by atoms with Crippen LogP contribution in [0.3, 0.4) is 0 Å². The van der Waals surface area contributed by atoms with Crippen LogP contribution in [-0.2, 0) is 0 Å². The summed E-state index contributed by atoms with van der Waals surface area (Å²) < 4.78 is 0. The minimum atomic E-state index is 0.741. The molecule has 0 bridgehead atoms. The highest BCUT2D eigenvalue weighted by molar-refractivity contribution is 7.99. The molecule has 2 aromatic rings. The number of rotatable bonds is 3. The van der Waals surface area contributed by atoms with E-state index in [0.29, 0.717) is 0 Å². The van der Waals surface area contributed by atoms with E-state index in [1.165, 1.54) is 4.90 Å². The fourth-order valence-electron chi connectivity index (χ4n) is 1.64. The van der Waals surface area contributed by atoms with Crippen molar-refractivity contribution in [2.45, 2.75) is 16.7 Å².